The number of rotatable bonds is 2. The molecule has 1 aliphatic rings. The van der Waals surface area contributed by atoms with Crippen LogP contribution in [0.5, 0.6) is 5.75 Å². The molecule has 3 nitrogen and oxygen atoms in total. The second kappa shape index (κ2) is 8.08. The fourth-order valence-corrected chi connectivity index (χ4v) is 2.41. The zero-order valence-corrected chi connectivity index (χ0v) is 13.1. The van der Waals surface area contributed by atoms with Gasteiger partial charge in [-0.1, -0.05) is 12.1 Å². The highest BCUT2D eigenvalue weighted by Crippen LogP contribution is 2.41. The molecule has 122 valence electrons. The minimum absolute atomic E-state index is 0. The lowest BCUT2D eigenvalue weighted by Crippen LogP contribution is -2.49. The Hall–Kier alpha value is -0.690. The van der Waals surface area contributed by atoms with E-state index in [0.29, 0.717) is 26.2 Å². The van der Waals surface area contributed by atoms with Crippen molar-refractivity contribution in [1.29, 1.82) is 0 Å². The number of piperazine rings is 1. The van der Waals surface area contributed by atoms with Crippen LogP contribution in [-0.4, -0.2) is 42.4 Å². The maximum Gasteiger partial charge on any atom is 0.408 e. The molecule has 0 amide bonds. The van der Waals surface area contributed by atoms with Gasteiger partial charge in [-0.3, -0.25) is 4.90 Å². The largest absolute Gasteiger partial charge is 0.508 e. The molecule has 1 heterocycles. The summed E-state index contributed by atoms with van der Waals surface area (Å²) in [5, 5.41) is 12.8. The first-order valence-corrected chi connectivity index (χ1v) is 6.20. The van der Waals surface area contributed by atoms with Crippen LogP contribution in [0.1, 0.15) is 17.2 Å². The Bertz CT molecular complexity index is 452. The van der Waals surface area contributed by atoms with E-state index in [1.54, 1.807) is 13.0 Å². The summed E-state index contributed by atoms with van der Waals surface area (Å²) in [5.41, 5.74) is 0.669. The molecule has 2 N–H and O–H groups in total. The second-order valence-electron chi connectivity index (χ2n) is 4.79. The van der Waals surface area contributed by atoms with E-state index in [-0.39, 0.29) is 36.1 Å². The van der Waals surface area contributed by atoms with Gasteiger partial charge < -0.3 is 10.4 Å². The minimum Gasteiger partial charge on any atom is -0.508 e. The van der Waals surface area contributed by atoms with E-state index in [4.69, 9.17) is 0 Å². The number of halogens is 5. The standard InChI is InChI=1S/C13H17F3N2O.2ClH/c1-9-2-3-10(11(19)8-9)12(13(14,15)16)18-6-4-17-5-7-18;;/h2-3,8,12,17,19H,4-7H2,1H3;2*1H/t12-;;/m0../s1. The molecule has 1 aliphatic heterocycles. The number of aryl methyl sites for hydroxylation is 1. The Morgan fingerprint density at radius 3 is 2.24 bits per heavy atom. The number of phenols is 1. The van der Waals surface area contributed by atoms with Crippen molar-refractivity contribution in [3.8, 4) is 5.75 Å². The summed E-state index contributed by atoms with van der Waals surface area (Å²) in [6, 6.07) is 2.59. The SMILES string of the molecule is Cc1ccc([C@H](N2CCNCC2)C(F)(F)F)c(O)c1.Cl.Cl. The van der Waals surface area contributed by atoms with Crippen LogP contribution in [0.2, 0.25) is 0 Å². The van der Waals surface area contributed by atoms with Crippen molar-refractivity contribution in [3.63, 3.8) is 0 Å². The van der Waals surface area contributed by atoms with Gasteiger partial charge in [-0.05, 0) is 18.6 Å². The molecular weight excluding hydrogens is 328 g/mol. The van der Waals surface area contributed by atoms with E-state index in [1.165, 1.54) is 17.0 Å². The molecule has 21 heavy (non-hydrogen) atoms. The van der Waals surface area contributed by atoms with E-state index in [1.807, 2.05) is 0 Å². The molecule has 1 atom stereocenters. The third-order valence-corrected chi connectivity index (χ3v) is 3.31. The molecule has 2 rings (SSSR count). The van der Waals surface area contributed by atoms with E-state index < -0.39 is 12.2 Å². The molecule has 0 saturated carbocycles. The monoisotopic (exact) mass is 346 g/mol. The van der Waals surface area contributed by atoms with Crippen LogP contribution in [-0.2, 0) is 0 Å². The first kappa shape index (κ1) is 20.3. The smallest absolute Gasteiger partial charge is 0.408 e. The second-order valence-corrected chi connectivity index (χ2v) is 4.79. The summed E-state index contributed by atoms with van der Waals surface area (Å²) in [4.78, 5) is 1.36. The quantitative estimate of drug-likeness (QED) is 0.863. The van der Waals surface area contributed by atoms with Crippen LogP contribution >= 0.6 is 24.8 Å². The van der Waals surface area contributed by atoms with Crippen molar-refractivity contribution < 1.29 is 18.3 Å². The summed E-state index contributed by atoms with van der Waals surface area (Å²) in [6.45, 7) is 3.42. The molecule has 1 saturated heterocycles. The molecule has 0 radical (unpaired) electrons. The average Bonchev–Trinajstić information content (AvgIpc) is 2.32. The number of nitrogens with zero attached hydrogens (tertiary/aromatic N) is 1. The third kappa shape index (κ3) is 4.92. The number of hydrogen-bond acceptors (Lipinski definition) is 3. The van der Waals surface area contributed by atoms with E-state index in [9.17, 15) is 18.3 Å². The van der Waals surface area contributed by atoms with Crippen molar-refractivity contribution in [2.75, 3.05) is 26.2 Å². The lowest BCUT2D eigenvalue weighted by molar-refractivity contribution is -0.188. The van der Waals surface area contributed by atoms with E-state index >= 15 is 0 Å². The number of benzene rings is 1. The molecule has 1 aromatic carbocycles. The fourth-order valence-electron chi connectivity index (χ4n) is 2.41. The lowest BCUT2D eigenvalue weighted by atomic mass is 10.0. The minimum atomic E-state index is -4.40. The lowest BCUT2D eigenvalue weighted by Gasteiger charge is -2.36. The average molecular weight is 347 g/mol. The van der Waals surface area contributed by atoms with Gasteiger partial charge in [-0.15, -0.1) is 24.8 Å². The first-order chi connectivity index (χ1) is 8.89. The molecule has 0 aliphatic carbocycles. The van der Waals surface area contributed by atoms with Crippen LogP contribution in [0.4, 0.5) is 13.2 Å². The number of phenolic OH excluding ortho intramolecular Hbond substituents is 1. The van der Waals surface area contributed by atoms with Gasteiger partial charge in [0.25, 0.3) is 0 Å². The number of alkyl halides is 3. The normalized spacial score (nSPS) is 17.5. The summed E-state index contributed by atoms with van der Waals surface area (Å²) in [5.74, 6) is -0.291. The molecule has 0 aromatic heterocycles. The molecule has 8 heteroatoms. The Kier molecular flexibility index (Phi) is 7.81. The Morgan fingerprint density at radius 1 is 1.19 bits per heavy atom. The topological polar surface area (TPSA) is 35.5 Å². The van der Waals surface area contributed by atoms with Crippen molar-refractivity contribution >= 4 is 24.8 Å². The van der Waals surface area contributed by atoms with E-state index in [0.717, 1.165) is 5.56 Å². The molecule has 1 fully saturated rings. The number of hydrogen-bond donors (Lipinski definition) is 2. The summed E-state index contributed by atoms with van der Waals surface area (Å²) in [6.07, 6.45) is -4.40. The number of aromatic hydroxyl groups is 1. The van der Waals surface area contributed by atoms with Crippen molar-refractivity contribution in [1.82, 2.24) is 10.2 Å². The van der Waals surface area contributed by atoms with Gasteiger partial charge in [0.1, 0.15) is 11.8 Å². The predicted molar refractivity (Wildman–Crippen MR) is 80.6 cm³/mol. The maximum absolute atomic E-state index is 13.3. The Labute approximate surface area is 134 Å². The summed E-state index contributed by atoms with van der Waals surface area (Å²) < 4.78 is 39.9. The van der Waals surface area contributed by atoms with Gasteiger partial charge in [-0.25, -0.2) is 0 Å². The van der Waals surface area contributed by atoms with Gasteiger partial charge in [0, 0.05) is 31.7 Å². The van der Waals surface area contributed by atoms with Crippen LogP contribution < -0.4 is 5.32 Å². The van der Waals surface area contributed by atoms with Gasteiger partial charge in [-0.2, -0.15) is 13.2 Å². The zero-order valence-electron chi connectivity index (χ0n) is 11.5. The fraction of sp³-hybridized carbons (Fsp3) is 0.538. The van der Waals surface area contributed by atoms with Crippen LogP contribution in [0.15, 0.2) is 18.2 Å². The van der Waals surface area contributed by atoms with Gasteiger partial charge in [0.05, 0.1) is 0 Å². The summed E-state index contributed by atoms with van der Waals surface area (Å²) in [7, 11) is 0. The molecule has 0 spiro atoms. The van der Waals surface area contributed by atoms with Crippen LogP contribution in [0.3, 0.4) is 0 Å². The van der Waals surface area contributed by atoms with Gasteiger partial charge in [0.2, 0.25) is 0 Å². The highest BCUT2D eigenvalue weighted by molar-refractivity contribution is 5.85. The van der Waals surface area contributed by atoms with Crippen molar-refractivity contribution in [2.24, 2.45) is 0 Å². The third-order valence-electron chi connectivity index (χ3n) is 3.31. The molecule has 0 bridgehead atoms. The van der Waals surface area contributed by atoms with Gasteiger partial charge in [0.15, 0.2) is 0 Å². The maximum atomic E-state index is 13.3. The zero-order chi connectivity index (χ0) is 14.0. The molecular formula is C13H19Cl2F3N2O. The summed E-state index contributed by atoms with van der Waals surface area (Å²) >= 11 is 0. The van der Waals surface area contributed by atoms with E-state index in [2.05, 4.69) is 5.32 Å². The molecule has 1 aromatic rings. The Morgan fingerprint density at radius 2 is 1.76 bits per heavy atom. The highest BCUT2D eigenvalue weighted by Gasteiger charge is 2.46. The van der Waals surface area contributed by atoms with Crippen LogP contribution in [0.25, 0.3) is 0 Å². The van der Waals surface area contributed by atoms with Crippen molar-refractivity contribution in [2.45, 2.75) is 19.1 Å². The van der Waals surface area contributed by atoms with Crippen molar-refractivity contribution in [3.05, 3.63) is 29.3 Å². The first-order valence-electron chi connectivity index (χ1n) is 6.20. The number of nitrogens with one attached hydrogen (secondary N) is 1. The Balaban J connectivity index is 0.00000200. The van der Waals surface area contributed by atoms with Crippen LogP contribution in [0, 0.1) is 6.92 Å². The predicted octanol–water partition coefficient (Wildman–Crippen LogP) is 3.05. The highest BCUT2D eigenvalue weighted by atomic mass is 35.5. The van der Waals surface area contributed by atoms with Gasteiger partial charge >= 0.3 is 6.18 Å². The molecule has 0 unspecified atom stereocenters.